The minimum atomic E-state index is -0.485. The fourth-order valence-electron chi connectivity index (χ4n) is 2.75. The molecule has 0 aliphatic heterocycles. The van der Waals surface area contributed by atoms with Crippen molar-refractivity contribution < 1.29 is 9.72 Å². The summed E-state index contributed by atoms with van der Waals surface area (Å²) in [5, 5.41) is 16.7. The number of nitro groups is 1. The van der Waals surface area contributed by atoms with E-state index < -0.39 is 4.92 Å². The van der Waals surface area contributed by atoms with Crippen molar-refractivity contribution in [1.82, 2.24) is 5.32 Å². The molecule has 1 aliphatic carbocycles. The highest BCUT2D eigenvalue weighted by atomic mass is 16.6. The first kappa shape index (κ1) is 14.3. The summed E-state index contributed by atoms with van der Waals surface area (Å²) in [7, 11) is 1.58. The van der Waals surface area contributed by atoms with Gasteiger partial charge in [-0.05, 0) is 24.8 Å². The molecule has 1 aromatic carbocycles. The van der Waals surface area contributed by atoms with Gasteiger partial charge in [-0.15, -0.1) is 0 Å². The average Bonchev–Trinajstić information content (AvgIpc) is 2.83. The minimum Gasteiger partial charge on any atom is -0.382 e. The Morgan fingerprint density at radius 2 is 2.15 bits per heavy atom. The van der Waals surface area contributed by atoms with Gasteiger partial charge in [-0.3, -0.25) is 14.9 Å². The number of amides is 1. The molecule has 1 amide bonds. The fourth-order valence-corrected chi connectivity index (χ4v) is 2.75. The predicted molar refractivity (Wildman–Crippen MR) is 76.9 cm³/mol. The summed E-state index contributed by atoms with van der Waals surface area (Å²) in [6.45, 7) is 2.12. The van der Waals surface area contributed by atoms with Gasteiger partial charge in [0.25, 0.3) is 11.6 Å². The first-order valence-corrected chi connectivity index (χ1v) is 6.80. The van der Waals surface area contributed by atoms with Crippen molar-refractivity contribution in [3.63, 3.8) is 0 Å². The van der Waals surface area contributed by atoms with E-state index in [1.54, 1.807) is 13.1 Å². The Morgan fingerprint density at radius 3 is 2.70 bits per heavy atom. The molecule has 108 valence electrons. The zero-order chi connectivity index (χ0) is 14.7. The number of carbonyl (C=O) groups is 1. The van der Waals surface area contributed by atoms with Crippen molar-refractivity contribution >= 4 is 17.3 Å². The number of nitrogens with one attached hydrogen (secondary N) is 2. The second kappa shape index (κ2) is 5.90. The second-order valence-electron chi connectivity index (χ2n) is 5.19. The number of carbonyl (C=O) groups excluding carboxylic acids is 1. The Kier molecular flexibility index (Phi) is 4.22. The fraction of sp³-hybridized carbons (Fsp3) is 0.500. The lowest BCUT2D eigenvalue weighted by atomic mass is 10.0. The molecule has 0 radical (unpaired) electrons. The molecule has 0 heterocycles. The monoisotopic (exact) mass is 277 g/mol. The van der Waals surface area contributed by atoms with Crippen molar-refractivity contribution in [2.24, 2.45) is 5.92 Å². The van der Waals surface area contributed by atoms with E-state index in [4.69, 9.17) is 0 Å². The molecule has 2 N–H and O–H groups in total. The first-order chi connectivity index (χ1) is 9.54. The van der Waals surface area contributed by atoms with Gasteiger partial charge >= 0.3 is 0 Å². The van der Waals surface area contributed by atoms with Gasteiger partial charge in [0.15, 0.2) is 0 Å². The molecule has 1 aromatic rings. The van der Waals surface area contributed by atoms with Crippen LogP contribution in [0.3, 0.4) is 0 Å². The van der Waals surface area contributed by atoms with Crippen LogP contribution in [0.1, 0.15) is 36.5 Å². The molecular weight excluding hydrogens is 258 g/mol. The maximum absolute atomic E-state index is 12.3. The van der Waals surface area contributed by atoms with E-state index in [0.717, 1.165) is 19.3 Å². The Hall–Kier alpha value is -2.11. The van der Waals surface area contributed by atoms with Crippen molar-refractivity contribution in [2.45, 2.75) is 32.2 Å². The normalized spacial score (nSPS) is 21.5. The van der Waals surface area contributed by atoms with Gasteiger partial charge in [0, 0.05) is 19.2 Å². The highest BCUT2D eigenvalue weighted by Crippen LogP contribution is 2.29. The molecule has 6 heteroatoms. The molecule has 0 aromatic heterocycles. The number of hydrogen-bond acceptors (Lipinski definition) is 4. The van der Waals surface area contributed by atoms with E-state index in [2.05, 4.69) is 17.6 Å². The predicted octanol–water partition coefficient (Wildman–Crippen LogP) is 2.55. The van der Waals surface area contributed by atoms with Gasteiger partial charge in [0.05, 0.1) is 10.5 Å². The van der Waals surface area contributed by atoms with E-state index in [1.807, 2.05) is 0 Å². The highest BCUT2D eigenvalue weighted by Gasteiger charge is 2.27. The summed E-state index contributed by atoms with van der Waals surface area (Å²) in [4.78, 5) is 22.8. The number of benzene rings is 1. The van der Waals surface area contributed by atoms with Crippen LogP contribution in [0.5, 0.6) is 0 Å². The maximum Gasteiger partial charge on any atom is 0.293 e. The summed E-state index contributed by atoms with van der Waals surface area (Å²) < 4.78 is 0. The van der Waals surface area contributed by atoms with E-state index in [9.17, 15) is 14.9 Å². The third-order valence-corrected chi connectivity index (χ3v) is 3.91. The maximum atomic E-state index is 12.3. The first-order valence-electron chi connectivity index (χ1n) is 6.80. The van der Waals surface area contributed by atoms with Crippen LogP contribution in [-0.4, -0.2) is 23.9 Å². The van der Waals surface area contributed by atoms with Crippen LogP contribution in [-0.2, 0) is 0 Å². The molecule has 0 saturated heterocycles. The minimum absolute atomic E-state index is 0.0837. The van der Waals surface area contributed by atoms with Crippen molar-refractivity contribution in [3.05, 3.63) is 33.9 Å². The number of rotatable bonds is 4. The van der Waals surface area contributed by atoms with Crippen molar-refractivity contribution in [3.8, 4) is 0 Å². The average molecular weight is 277 g/mol. The topological polar surface area (TPSA) is 84.3 Å². The van der Waals surface area contributed by atoms with Crippen LogP contribution in [0.15, 0.2) is 18.2 Å². The van der Waals surface area contributed by atoms with Gasteiger partial charge in [0.2, 0.25) is 0 Å². The number of hydrogen-bond donors (Lipinski definition) is 2. The van der Waals surface area contributed by atoms with Crippen LogP contribution in [0.2, 0.25) is 0 Å². The van der Waals surface area contributed by atoms with E-state index in [-0.39, 0.29) is 23.3 Å². The van der Waals surface area contributed by atoms with Crippen molar-refractivity contribution in [2.75, 3.05) is 12.4 Å². The number of nitrogens with zero attached hydrogens (tertiary/aromatic N) is 1. The molecule has 2 atom stereocenters. The Morgan fingerprint density at radius 1 is 1.40 bits per heavy atom. The zero-order valence-corrected chi connectivity index (χ0v) is 11.7. The molecule has 2 unspecified atom stereocenters. The Labute approximate surface area is 117 Å². The quantitative estimate of drug-likeness (QED) is 0.654. The molecule has 6 nitrogen and oxygen atoms in total. The molecule has 1 aliphatic rings. The van der Waals surface area contributed by atoms with Crippen LogP contribution in [0.4, 0.5) is 11.4 Å². The lowest BCUT2D eigenvalue weighted by molar-refractivity contribution is -0.384. The van der Waals surface area contributed by atoms with Crippen LogP contribution >= 0.6 is 0 Å². The molecule has 1 fully saturated rings. The summed E-state index contributed by atoms with van der Waals surface area (Å²) in [6, 6.07) is 4.69. The van der Waals surface area contributed by atoms with E-state index in [0.29, 0.717) is 11.5 Å². The van der Waals surface area contributed by atoms with E-state index in [1.165, 1.54) is 12.1 Å². The van der Waals surface area contributed by atoms with Crippen LogP contribution in [0, 0.1) is 16.0 Å². The van der Waals surface area contributed by atoms with Crippen LogP contribution in [0.25, 0.3) is 0 Å². The van der Waals surface area contributed by atoms with E-state index >= 15 is 0 Å². The van der Waals surface area contributed by atoms with Gasteiger partial charge in [0.1, 0.15) is 5.69 Å². The summed E-state index contributed by atoms with van der Waals surface area (Å²) >= 11 is 0. The third kappa shape index (κ3) is 2.74. The van der Waals surface area contributed by atoms with Gasteiger partial charge in [-0.1, -0.05) is 19.4 Å². The van der Waals surface area contributed by atoms with Crippen LogP contribution < -0.4 is 10.6 Å². The zero-order valence-electron chi connectivity index (χ0n) is 11.7. The molecule has 20 heavy (non-hydrogen) atoms. The number of nitro benzene ring substituents is 1. The lowest BCUT2D eigenvalue weighted by Gasteiger charge is -2.18. The summed E-state index contributed by atoms with van der Waals surface area (Å²) in [6.07, 6.45) is 3.19. The molecule has 0 spiro atoms. The molecule has 0 bridgehead atoms. The summed E-state index contributed by atoms with van der Waals surface area (Å²) in [5.74, 6) is 0.201. The largest absolute Gasteiger partial charge is 0.382 e. The third-order valence-electron chi connectivity index (χ3n) is 3.91. The molecular formula is C14H19N3O3. The highest BCUT2D eigenvalue weighted by molar-refractivity contribution is 6.01. The lowest BCUT2D eigenvalue weighted by Crippen LogP contribution is -2.36. The summed E-state index contributed by atoms with van der Waals surface area (Å²) in [5.41, 5.74) is 0.501. The van der Waals surface area contributed by atoms with Crippen molar-refractivity contribution in [1.29, 1.82) is 0 Å². The molecule has 2 rings (SSSR count). The van der Waals surface area contributed by atoms with Gasteiger partial charge < -0.3 is 10.6 Å². The standard InChI is InChI=1S/C14H19N3O3/c1-9-5-3-7-11(9)16-14(18)10-6-4-8-12(17(19)20)13(10)15-2/h4,6,8-9,11,15H,3,5,7H2,1-2H3,(H,16,18). The Bertz CT molecular complexity index is 530. The SMILES string of the molecule is CNc1c(C(=O)NC2CCCC2C)cccc1[N+](=O)[O-]. The Balaban J connectivity index is 2.25. The second-order valence-corrected chi connectivity index (χ2v) is 5.19. The smallest absolute Gasteiger partial charge is 0.293 e. The van der Waals surface area contributed by atoms with Gasteiger partial charge in [-0.2, -0.15) is 0 Å². The number of anilines is 1. The molecule has 1 saturated carbocycles. The number of para-hydroxylation sites is 1. The van der Waals surface area contributed by atoms with Gasteiger partial charge in [-0.25, -0.2) is 0 Å².